The summed E-state index contributed by atoms with van der Waals surface area (Å²) in [4.78, 5) is 24.1. The van der Waals surface area contributed by atoms with Crippen LogP contribution in [0.3, 0.4) is 0 Å². The highest BCUT2D eigenvalue weighted by Crippen LogP contribution is 2.29. The number of halogens is 3. The Morgan fingerprint density at radius 2 is 1.50 bits per heavy atom. The van der Waals surface area contributed by atoms with Crippen molar-refractivity contribution in [2.45, 2.75) is 20.0 Å². The Bertz CT molecular complexity index is 798. The largest absolute Gasteiger partial charge is 0.417 e. The highest BCUT2D eigenvalue weighted by atomic mass is 19.4. The predicted molar refractivity (Wildman–Crippen MR) is 101 cm³/mol. The molecular formula is C19H22F3N5O. The Balaban J connectivity index is 1.57. The molecular weight excluding hydrogens is 371 g/mol. The van der Waals surface area contributed by atoms with Gasteiger partial charge >= 0.3 is 6.18 Å². The van der Waals surface area contributed by atoms with Crippen LogP contribution in [-0.4, -0.2) is 42.1 Å². The number of hydrogen-bond acceptors (Lipinski definition) is 5. The van der Waals surface area contributed by atoms with Gasteiger partial charge in [-0.2, -0.15) is 13.2 Å². The minimum atomic E-state index is -4.38. The molecule has 1 aliphatic rings. The van der Waals surface area contributed by atoms with Gasteiger partial charge in [0, 0.05) is 38.3 Å². The number of carbonyl (C=O) groups excluding carboxylic acids is 1. The molecule has 6 nitrogen and oxygen atoms in total. The quantitative estimate of drug-likeness (QED) is 0.863. The zero-order valence-corrected chi connectivity index (χ0v) is 15.7. The highest BCUT2D eigenvalue weighted by molar-refractivity contribution is 5.91. The number of alkyl halides is 3. The molecule has 3 heterocycles. The van der Waals surface area contributed by atoms with Crippen LogP contribution in [0.4, 0.5) is 30.5 Å². The van der Waals surface area contributed by atoms with Crippen molar-refractivity contribution in [3.8, 4) is 0 Å². The van der Waals surface area contributed by atoms with E-state index in [1.54, 1.807) is 6.20 Å². The van der Waals surface area contributed by atoms with E-state index in [-0.39, 0.29) is 11.8 Å². The molecule has 3 rings (SSSR count). The molecule has 28 heavy (non-hydrogen) atoms. The summed E-state index contributed by atoms with van der Waals surface area (Å²) in [7, 11) is 0. The van der Waals surface area contributed by atoms with Gasteiger partial charge in [0.05, 0.1) is 17.4 Å². The predicted octanol–water partition coefficient (Wildman–Crippen LogP) is 3.42. The summed E-state index contributed by atoms with van der Waals surface area (Å²) in [5.41, 5.74) is -0.0984. The van der Waals surface area contributed by atoms with Gasteiger partial charge in [-0.1, -0.05) is 13.8 Å². The van der Waals surface area contributed by atoms with Crippen molar-refractivity contribution in [3.05, 3.63) is 42.2 Å². The van der Waals surface area contributed by atoms with Crippen molar-refractivity contribution in [2.75, 3.05) is 41.3 Å². The molecule has 9 heteroatoms. The topological polar surface area (TPSA) is 61.4 Å². The molecule has 0 bridgehead atoms. The van der Waals surface area contributed by atoms with Gasteiger partial charge < -0.3 is 15.1 Å². The van der Waals surface area contributed by atoms with Gasteiger partial charge in [-0.15, -0.1) is 0 Å². The van der Waals surface area contributed by atoms with Gasteiger partial charge in [0.1, 0.15) is 11.6 Å². The Morgan fingerprint density at radius 1 is 0.964 bits per heavy atom. The fourth-order valence-electron chi connectivity index (χ4n) is 2.84. The zero-order valence-electron chi connectivity index (χ0n) is 15.7. The molecule has 0 unspecified atom stereocenters. The molecule has 0 atom stereocenters. The standard InChI is InChI=1S/C19H22F3N5O/c1-13(2)18(28)25-15-4-6-17(24-12-15)27-9-7-26(8-10-27)16-5-3-14(11-23-16)19(20,21)22/h3-6,11-13H,7-10H2,1-2H3,(H,25,28). The number of aromatic nitrogens is 2. The van der Waals surface area contributed by atoms with Crippen molar-refractivity contribution in [3.63, 3.8) is 0 Å². The monoisotopic (exact) mass is 393 g/mol. The summed E-state index contributed by atoms with van der Waals surface area (Å²) in [6.45, 7) is 6.25. The number of pyridine rings is 2. The van der Waals surface area contributed by atoms with E-state index in [2.05, 4.69) is 20.2 Å². The molecule has 2 aromatic heterocycles. The Labute approximate surface area is 161 Å². The van der Waals surface area contributed by atoms with E-state index in [0.29, 0.717) is 37.7 Å². The van der Waals surface area contributed by atoms with Crippen molar-refractivity contribution in [1.29, 1.82) is 0 Å². The van der Waals surface area contributed by atoms with Gasteiger partial charge in [0.2, 0.25) is 5.91 Å². The molecule has 0 aromatic carbocycles. The molecule has 1 saturated heterocycles. The Kier molecular flexibility index (Phi) is 5.71. The van der Waals surface area contributed by atoms with E-state index >= 15 is 0 Å². The number of rotatable bonds is 4. The molecule has 1 amide bonds. The van der Waals surface area contributed by atoms with Gasteiger partial charge in [0.25, 0.3) is 0 Å². The SMILES string of the molecule is CC(C)C(=O)Nc1ccc(N2CCN(c3ccc(C(F)(F)F)cn3)CC2)nc1. The van der Waals surface area contributed by atoms with Crippen LogP contribution in [0.15, 0.2) is 36.7 Å². The van der Waals surface area contributed by atoms with Gasteiger partial charge in [-0.05, 0) is 24.3 Å². The summed E-state index contributed by atoms with van der Waals surface area (Å²) in [6, 6.07) is 6.12. The second-order valence-electron chi connectivity index (χ2n) is 6.93. The molecule has 0 saturated carbocycles. The number of anilines is 3. The summed E-state index contributed by atoms with van der Waals surface area (Å²) >= 11 is 0. The first-order chi connectivity index (χ1) is 13.2. The summed E-state index contributed by atoms with van der Waals surface area (Å²) in [5, 5.41) is 2.80. The number of piperazine rings is 1. The third kappa shape index (κ3) is 4.71. The lowest BCUT2D eigenvalue weighted by molar-refractivity contribution is -0.137. The normalized spacial score (nSPS) is 15.1. The molecule has 1 aliphatic heterocycles. The molecule has 0 spiro atoms. The van der Waals surface area contributed by atoms with E-state index in [0.717, 1.165) is 18.1 Å². The minimum Gasteiger partial charge on any atom is -0.353 e. The summed E-state index contributed by atoms with van der Waals surface area (Å²) < 4.78 is 37.9. The average molecular weight is 393 g/mol. The maximum atomic E-state index is 12.6. The summed E-state index contributed by atoms with van der Waals surface area (Å²) in [5.74, 6) is 1.16. The first kappa shape index (κ1) is 19.9. The van der Waals surface area contributed by atoms with Crippen LogP contribution in [0.2, 0.25) is 0 Å². The molecule has 1 fully saturated rings. The first-order valence-electron chi connectivity index (χ1n) is 9.04. The Hall–Kier alpha value is -2.84. The van der Waals surface area contributed by atoms with Crippen LogP contribution in [0, 0.1) is 5.92 Å². The molecule has 150 valence electrons. The number of nitrogens with one attached hydrogen (secondary N) is 1. The smallest absolute Gasteiger partial charge is 0.353 e. The van der Waals surface area contributed by atoms with E-state index in [1.807, 2.05) is 30.9 Å². The second kappa shape index (κ2) is 8.04. The van der Waals surface area contributed by atoms with E-state index < -0.39 is 11.7 Å². The lowest BCUT2D eigenvalue weighted by Crippen LogP contribution is -2.47. The van der Waals surface area contributed by atoms with Crippen LogP contribution in [-0.2, 0) is 11.0 Å². The van der Waals surface area contributed by atoms with Crippen LogP contribution in [0.25, 0.3) is 0 Å². The lowest BCUT2D eigenvalue weighted by Gasteiger charge is -2.36. The molecule has 2 aromatic rings. The number of hydrogen-bond donors (Lipinski definition) is 1. The summed E-state index contributed by atoms with van der Waals surface area (Å²) in [6.07, 6.45) is -1.89. The van der Waals surface area contributed by atoms with E-state index in [9.17, 15) is 18.0 Å². The minimum absolute atomic E-state index is 0.0628. The van der Waals surface area contributed by atoms with Gasteiger partial charge in [0.15, 0.2) is 0 Å². The van der Waals surface area contributed by atoms with Crippen molar-refractivity contribution >= 4 is 23.2 Å². The van der Waals surface area contributed by atoms with Crippen molar-refractivity contribution < 1.29 is 18.0 Å². The lowest BCUT2D eigenvalue weighted by atomic mass is 10.2. The number of nitrogens with zero attached hydrogens (tertiary/aromatic N) is 4. The Morgan fingerprint density at radius 3 is 1.89 bits per heavy atom. The third-order valence-electron chi connectivity index (χ3n) is 4.54. The van der Waals surface area contributed by atoms with Crippen molar-refractivity contribution in [2.24, 2.45) is 5.92 Å². The van der Waals surface area contributed by atoms with E-state index in [1.165, 1.54) is 6.07 Å². The maximum absolute atomic E-state index is 12.6. The first-order valence-corrected chi connectivity index (χ1v) is 9.04. The third-order valence-corrected chi connectivity index (χ3v) is 4.54. The van der Waals surface area contributed by atoms with Crippen molar-refractivity contribution in [1.82, 2.24) is 9.97 Å². The van der Waals surface area contributed by atoms with Crippen LogP contribution < -0.4 is 15.1 Å². The van der Waals surface area contributed by atoms with Gasteiger partial charge in [-0.3, -0.25) is 4.79 Å². The number of amides is 1. The van der Waals surface area contributed by atoms with Crippen LogP contribution in [0.5, 0.6) is 0 Å². The second-order valence-corrected chi connectivity index (χ2v) is 6.93. The average Bonchev–Trinajstić information content (AvgIpc) is 2.68. The number of carbonyl (C=O) groups is 1. The molecule has 0 radical (unpaired) electrons. The van der Waals surface area contributed by atoms with Gasteiger partial charge in [-0.25, -0.2) is 9.97 Å². The fraction of sp³-hybridized carbons (Fsp3) is 0.421. The molecule has 1 N–H and O–H groups in total. The molecule has 0 aliphatic carbocycles. The fourth-order valence-corrected chi connectivity index (χ4v) is 2.84. The van der Waals surface area contributed by atoms with E-state index in [4.69, 9.17) is 0 Å². The zero-order chi connectivity index (χ0) is 20.3. The van der Waals surface area contributed by atoms with Crippen LogP contribution >= 0.6 is 0 Å². The van der Waals surface area contributed by atoms with Crippen LogP contribution in [0.1, 0.15) is 19.4 Å². The maximum Gasteiger partial charge on any atom is 0.417 e. The highest BCUT2D eigenvalue weighted by Gasteiger charge is 2.31.